The Kier molecular flexibility index (Phi) is 3.85. The lowest BCUT2D eigenvalue weighted by molar-refractivity contribution is 0.384. The zero-order chi connectivity index (χ0) is 13.9. The summed E-state index contributed by atoms with van der Waals surface area (Å²) in [6, 6.07) is 7.88. The molecule has 102 valence electrons. The van der Waals surface area contributed by atoms with Gasteiger partial charge in [0, 0.05) is 19.8 Å². The van der Waals surface area contributed by atoms with Crippen LogP contribution in [0, 0.1) is 5.41 Å². The van der Waals surface area contributed by atoms with E-state index in [1.54, 1.807) is 0 Å². The third kappa shape index (κ3) is 3.32. The normalized spacial score (nSPS) is 11.6. The van der Waals surface area contributed by atoms with Gasteiger partial charge in [-0.3, -0.25) is 0 Å². The van der Waals surface area contributed by atoms with Gasteiger partial charge in [0.05, 0.1) is 5.69 Å². The van der Waals surface area contributed by atoms with E-state index in [1.165, 1.54) is 0 Å². The van der Waals surface area contributed by atoms with E-state index in [4.69, 9.17) is 5.73 Å². The third-order valence-corrected chi connectivity index (χ3v) is 3.13. The first-order valence-electron chi connectivity index (χ1n) is 6.40. The van der Waals surface area contributed by atoms with Crippen LogP contribution in [0.1, 0.15) is 13.8 Å². The average Bonchev–Trinajstić information content (AvgIpc) is 2.92. The molecule has 19 heavy (non-hydrogen) atoms. The van der Waals surface area contributed by atoms with Crippen molar-refractivity contribution in [1.29, 1.82) is 0 Å². The summed E-state index contributed by atoms with van der Waals surface area (Å²) in [4.78, 5) is 5.20. The number of hydrogen-bond acceptors (Lipinski definition) is 4. The molecule has 0 saturated carbocycles. The second-order valence-corrected chi connectivity index (χ2v) is 5.58. The maximum atomic E-state index is 5.75. The molecule has 0 aliphatic heterocycles. The van der Waals surface area contributed by atoms with Gasteiger partial charge >= 0.3 is 0 Å². The number of nitrogens with two attached hydrogens (primary N) is 1. The van der Waals surface area contributed by atoms with Crippen molar-refractivity contribution in [3.63, 3.8) is 0 Å². The molecule has 0 amide bonds. The van der Waals surface area contributed by atoms with Crippen LogP contribution in [0.15, 0.2) is 30.5 Å². The summed E-state index contributed by atoms with van der Waals surface area (Å²) in [6.45, 7) is 5.78. The van der Waals surface area contributed by atoms with Gasteiger partial charge in [0.1, 0.15) is 5.69 Å². The molecule has 0 aliphatic rings. The van der Waals surface area contributed by atoms with Gasteiger partial charge in [0.15, 0.2) is 5.82 Å². The van der Waals surface area contributed by atoms with Crippen LogP contribution in [-0.2, 0) is 0 Å². The van der Waals surface area contributed by atoms with Crippen LogP contribution in [0.2, 0.25) is 0 Å². The molecule has 2 aromatic rings. The lowest BCUT2D eigenvalue weighted by Gasteiger charge is -2.29. The molecule has 5 heteroatoms. The van der Waals surface area contributed by atoms with Crippen molar-refractivity contribution in [3.05, 3.63) is 30.5 Å². The summed E-state index contributed by atoms with van der Waals surface area (Å²) in [6.07, 6.45) is 1.88. The van der Waals surface area contributed by atoms with Crippen molar-refractivity contribution in [2.75, 3.05) is 25.0 Å². The molecule has 2 heterocycles. The van der Waals surface area contributed by atoms with E-state index >= 15 is 0 Å². The molecular formula is C14H21N5. The second kappa shape index (κ2) is 5.40. The molecule has 0 aliphatic carbocycles. The number of aromatic nitrogens is 3. The van der Waals surface area contributed by atoms with E-state index in [1.807, 2.05) is 37.5 Å². The molecule has 0 unspecified atom stereocenters. The molecule has 2 aromatic heterocycles. The van der Waals surface area contributed by atoms with E-state index in [9.17, 15) is 0 Å². The Hall–Kier alpha value is -1.88. The highest BCUT2D eigenvalue weighted by Gasteiger charge is 2.19. The van der Waals surface area contributed by atoms with Crippen molar-refractivity contribution < 1.29 is 0 Å². The molecule has 0 fully saturated rings. The highest BCUT2D eigenvalue weighted by molar-refractivity contribution is 5.55. The van der Waals surface area contributed by atoms with Gasteiger partial charge < -0.3 is 15.6 Å². The summed E-state index contributed by atoms with van der Waals surface area (Å²) in [7, 11) is 2.01. The van der Waals surface area contributed by atoms with Gasteiger partial charge in [-0.15, -0.1) is 10.2 Å². The lowest BCUT2D eigenvalue weighted by Crippen LogP contribution is -2.37. The Labute approximate surface area is 113 Å². The largest absolute Gasteiger partial charge is 0.360 e. The maximum absolute atomic E-state index is 5.75. The number of nitrogens with zero attached hydrogens (tertiary/aromatic N) is 3. The lowest BCUT2D eigenvalue weighted by atomic mass is 9.93. The first-order valence-corrected chi connectivity index (χ1v) is 6.40. The molecule has 3 N–H and O–H groups in total. The monoisotopic (exact) mass is 259 g/mol. The van der Waals surface area contributed by atoms with Crippen LogP contribution < -0.4 is 10.6 Å². The van der Waals surface area contributed by atoms with Gasteiger partial charge in [-0.25, -0.2) is 0 Å². The first kappa shape index (κ1) is 13.5. The standard InChI is InChI=1S/C14H21N5/c1-14(2,9-15)10-19(3)13-7-6-12(17-18-13)11-5-4-8-16-11/h4-8,16H,9-10,15H2,1-3H3. The van der Waals surface area contributed by atoms with Gasteiger partial charge in [-0.2, -0.15) is 0 Å². The van der Waals surface area contributed by atoms with Crippen LogP contribution in [-0.4, -0.2) is 35.3 Å². The molecule has 0 aromatic carbocycles. The quantitative estimate of drug-likeness (QED) is 0.860. The number of anilines is 1. The first-order chi connectivity index (χ1) is 9.02. The SMILES string of the molecule is CN(CC(C)(C)CN)c1ccc(-c2ccc[nH]2)nn1. The van der Waals surface area contributed by atoms with E-state index in [0.717, 1.165) is 23.8 Å². The smallest absolute Gasteiger partial charge is 0.151 e. The van der Waals surface area contributed by atoms with E-state index in [2.05, 4.69) is 33.9 Å². The fourth-order valence-electron chi connectivity index (χ4n) is 1.95. The molecular weight excluding hydrogens is 238 g/mol. The Balaban J connectivity index is 2.10. The molecule has 0 spiro atoms. The summed E-state index contributed by atoms with van der Waals surface area (Å²) in [5.74, 6) is 0.858. The van der Waals surface area contributed by atoms with Gasteiger partial charge in [-0.1, -0.05) is 13.8 Å². The van der Waals surface area contributed by atoms with Crippen LogP contribution in [0.25, 0.3) is 11.4 Å². The van der Waals surface area contributed by atoms with Crippen LogP contribution in [0.5, 0.6) is 0 Å². The predicted molar refractivity (Wildman–Crippen MR) is 77.9 cm³/mol. The van der Waals surface area contributed by atoms with Crippen molar-refractivity contribution >= 4 is 5.82 Å². The average molecular weight is 259 g/mol. The highest BCUT2D eigenvalue weighted by Crippen LogP contribution is 2.19. The number of hydrogen-bond donors (Lipinski definition) is 2. The Morgan fingerprint density at radius 2 is 2.05 bits per heavy atom. The molecule has 0 radical (unpaired) electrons. The van der Waals surface area contributed by atoms with E-state index in [0.29, 0.717) is 6.54 Å². The summed E-state index contributed by atoms with van der Waals surface area (Å²) in [5.41, 5.74) is 7.64. The third-order valence-electron chi connectivity index (χ3n) is 3.13. The Morgan fingerprint density at radius 3 is 2.58 bits per heavy atom. The number of nitrogens with one attached hydrogen (secondary N) is 1. The fraction of sp³-hybridized carbons (Fsp3) is 0.429. The predicted octanol–water partition coefficient (Wildman–Crippen LogP) is 1.89. The summed E-state index contributed by atoms with van der Waals surface area (Å²) >= 11 is 0. The van der Waals surface area contributed by atoms with Gasteiger partial charge in [0.25, 0.3) is 0 Å². The maximum Gasteiger partial charge on any atom is 0.151 e. The number of H-pyrrole nitrogens is 1. The summed E-state index contributed by atoms with van der Waals surface area (Å²) < 4.78 is 0. The second-order valence-electron chi connectivity index (χ2n) is 5.58. The Bertz CT molecular complexity index is 501. The fourth-order valence-corrected chi connectivity index (χ4v) is 1.95. The minimum absolute atomic E-state index is 0.0640. The van der Waals surface area contributed by atoms with Crippen molar-refractivity contribution in [1.82, 2.24) is 15.2 Å². The van der Waals surface area contributed by atoms with E-state index < -0.39 is 0 Å². The van der Waals surface area contributed by atoms with Gasteiger partial charge in [-0.05, 0) is 36.2 Å². The molecule has 2 rings (SSSR count). The van der Waals surface area contributed by atoms with Crippen molar-refractivity contribution in [2.45, 2.75) is 13.8 Å². The van der Waals surface area contributed by atoms with Crippen molar-refractivity contribution in [3.8, 4) is 11.4 Å². The zero-order valence-electron chi connectivity index (χ0n) is 11.7. The number of rotatable bonds is 5. The number of aromatic amines is 1. The minimum Gasteiger partial charge on any atom is -0.360 e. The minimum atomic E-state index is 0.0640. The topological polar surface area (TPSA) is 70.8 Å². The molecule has 0 bridgehead atoms. The van der Waals surface area contributed by atoms with Crippen LogP contribution in [0.3, 0.4) is 0 Å². The zero-order valence-corrected chi connectivity index (χ0v) is 11.7. The molecule has 0 atom stereocenters. The van der Waals surface area contributed by atoms with Crippen LogP contribution in [0.4, 0.5) is 5.82 Å². The van der Waals surface area contributed by atoms with Gasteiger partial charge in [0.2, 0.25) is 0 Å². The Morgan fingerprint density at radius 1 is 1.26 bits per heavy atom. The molecule has 5 nitrogen and oxygen atoms in total. The highest BCUT2D eigenvalue weighted by atomic mass is 15.2. The summed E-state index contributed by atoms with van der Waals surface area (Å²) in [5, 5.41) is 8.51. The van der Waals surface area contributed by atoms with Crippen molar-refractivity contribution in [2.24, 2.45) is 11.1 Å². The van der Waals surface area contributed by atoms with Crippen LogP contribution >= 0.6 is 0 Å². The molecule has 0 saturated heterocycles. The van der Waals surface area contributed by atoms with E-state index in [-0.39, 0.29) is 5.41 Å².